The number of carbonyl (C=O) groups is 1. The second kappa shape index (κ2) is 12.8. The number of ether oxygens (including phenoxy) is 2. The van der Waals surface area contributed by atoms with E-state index in [-0.39, 0.29) is 17.0 Å². The first-order valence-electron chi connectivity index (χ1n) is 12.4. The summed E-state index contributed by atoms with van der Waals surface area (Å²) in [5.41, 5.74) is 1.66. The van der Waals surface area contributed by atoms with E-state index in [0.717, 1.165) is 32.5 Å². The van der Waals surface area contributed by atoms with Gasteiger partial charge in [0.25, 0.3) is 0 Å². The van der Waals surface area contributed by atoms with Gasteiger partial charge in [0, 0.05) is 36.4 Å². The summed E-state index contributed by atoms with van der Waals surface area (Å²) in [4.78, 5) is 23.7. The molecule has 0 radical (unpaired) electrons. The Kier molecular flexibility index (Phi) is 9.27. The topological polar surface area (TPSA) is 88.6 Å². The van der Waals surface area contributed by atoms with Crippen LogP contribution in [0.15, 0.2) is 48.8 Å². The van der Waals surface area contributed by atoms with Crippen LogP contribution in [0.1, 0.15) is 26.7 Å². The molecule has 8 nitrogen and oxygen atoms in total. The molecule has 3 aromatic rings. The average molecular weight is 528 g/mol. The van der Waals surface area contributed by atoms with E-state index >= 15 is 0 Å². The summed E-state index contributed by atoms with van der Waals surface area (Å²) in [5, 5.41) is 6.73. The molecule has 1 aromatic heterocycles. The number of halogens is 2. The van der Waals surface area contributed by atoms with Crippen molar-refractivity contribution in [2.75, 3.05) is 43.5 Å². The minimum Gasteiger partial charge on any atom is -0.489 e. The molecule has 1 atom stereocenters. The highest BCUT2D eigenvalue weighted by molar-refractivity contribution is 6.31. The Morgan fingerprint density at radius 1 is 1.27 bits per heavy atom. The summed E-state index contributed by atoms with van der Waals surface area (Å²) in [6.45, 7) is 7.75. The zero-order chi connectivity index (χ0) is 26.2. The number of rotatable bonds is 11. The van der Waals surface area contributed by atoms with Crippen LogP contribution in [0.2, 0.25) is 5.02 Å². The van der Waals surface area contributed by atoms with E-state index in [1.54, 1.807) is 18.2 Å². The maximum absolute atomic E-state index is 13.6. The van der Waals surface area contributed by atoms with Crippen LogP contribution >= 0.6 is 11.6 Å². The fourth-order valence-corrected chi connectivity index (χ4v) is 4.22. The Morgan fingerprint density at radius 2 is 2.11 bits per heavy atom. The van der Waals surface area contributed by atoms with Gasteiger partial charge in [-0.15, -0.1) is 0 Å². The first kappa shape index (κ1) is 26.8. The number of fused-ring (bicyclic) bond motifs is 1. The number of amides is 1. The standard InChI is InChI=1S/C27H31ClFN5O3/c1-3-34(4-2)11-5-8-26(35)33-24-14-20-23(15-25(24)37-16-19-7-6-12-36-19)30-17-31-27(20)32-18-9-10-22(29)21(28)13-18/h5,8-10,13-15,17,19H,3-4,6-7,11-12,16H2,1-2H3,(H,33,35)(H,30,31,32). The fourth-order valence-electron chi connectivity index (χ4n) is 4.03. The molecule has 0 saturated carbocycles. The molecule has 1 saturated heterocycles. The van der Waals surface area contributed by atoms with Crippen molar-refractivity contribution < 1.29 is 18.7 Å². The number of likely N-dealkylation sites (N-methyl/N-ethyl adjacent to an activating group) is 1. The van der Waals surface area contributed by atoms with Gasteiger partial charge in [-0.1, -0.05) is 31.5 Å². The molecule has 196 valence electrons. The summed E-state index contributed by atoms with van der Waals surface area (Å²) in [6.07, 6.45) is 6.73. The van der Waals surface area contributed by atoms with Crippen molar-refractivity contribution >= 4 is 45.6 Å². The van der Waals surface area contributed by atoms with Crippen molar-refractivity contribution in [3.63, 3.8) is 0 Å². The van der Waals surface area contributed by atoms with E-state index in [1.165, 1.54) is 24.5 Å². The lowest BCUT2D eigenvalue weighted by Gasteiger charge is -2.17. The van der Waals surface area contributed by atoms with E-state index in [4.69, 9.17) is 21.1 Å². The van der Waals surface area contributed by atoms with Crippen LogP contribution in [0.25, 0.3) is 10.9 Å². The monoisotopic (exact) mass is 527 g/mol. The van der Waals surface area contributed by atoms with Crippen LogP contribution in [-0.2, 0) is 9.53 Å². The number of benzene rings is 2. The third-order valence-electron chi connectivity index (χ3n) is 6.15. The number of nitrogens with zero attached hydrogens (tertiary/aromatic N) is 3. The summed E-state index contributed by atoms with van der Waals surface area (Å²) < 4.78 is 25.4. The predicted molar refractivity (Wildman–Crippen MR) is 144 cm³/mol. The van der Waals surface area contributed by atoms with Gasteiger partial charge in [0.05, 0.1) is 22.3 Å². The van der Waals surface area contributed by atoms with E-state index in [0.29, 0.717) is 47.0 Å². The molecular weight excluding hydrogens is 497 g/mol. The highest BCUT2D eigenvalue weighted by Crippen LogP contribution is 2.34. The van der Waals surface area contributed by atoms with Crippen molar-refractivity contribution in [1.29, 1.82) is 0 Å². The summed E-state index contributed by atoms with van der Waals surface area (Å²) in [7, 11) is 0. The van der Waals surface area contributed by atoms with Crippen LogP contribution in [0.4, 0.5) is 21.6 Å². The molecule has 0 bridgehead atoms. The lowest BCUT2D eigenvalue weighted by molar-refractivity contribution is -0.111. The van der Waals surface area contributed by atoms with E-state index in [9.17, 15) is 9.18 Å². The highest BCUT2D eigenvalue weighted by atomic mass is 35.5. The molecule has 1 aliphatic heterocycles. The molecule has 1 unspecified atom stereocenters. The number of hydrogen-bond acceptors (Lipinski definition) is 7. The maximum Gasteiger partial charge on any atom is 0.248 e. The first-order chi connectivity index (χ1) is 18.0. The largest absolute Gasteiger partial charge is 0.489 e. The van der Waals surface area contributed by atoms with E-state index < -0.39 is 5.82 Å². The van der Waals surface area contributed by atoms with Gasteiger partial charge in [0.1, 0.15) is 30.3 Å². The Morgan fingerprint density at radius 3 is 2.84 bits per heavy atom. The highest BCUT2D eigenvalue weighted by Gasteiger charge is 2.19. The van der Waals surface area contributed by atoms with E-state index in [1.807, 2.05) is 6.08 Å². The molecule has 0 aliphatic carbocycles. The number of carbonyl (C=O) groups excluding carboxylic acids is 1. The van der Waals surface area contributed by atoms with Crippen LogP contribution < -0.4 is 15.4 Å². The average Bonchev–Trinajstić information content (AvgIpc) is 3.42. The Labute approximate surface area is 220 Å². The Bertz CT molecular complexity index is 1260. The summed E-state index contributed by atoms with van der Waals surface area (Å²) in [6, 6.07) is 7.86. The van der Waals surface area contributed by atoms with Crippen molar-refractivity contribution in [3.05, 3.63) is 59.7 Å². The molecule has 2 aromatic carbocycles. The molecule has 2 heterocycles. The predicted octanol–water partition coefficient (Wildman–Crippen LogP) is 5.56. The molecule has 0 spiro atoms. The molecule has 4 rings (SSSR count). The number of anilines is 3. The SMILES string of the molecule is CCN(CC)CC=CC(=O)Nc1cc2c(Nc3ccc(F)c(Cl)c3)ncnc2cc1OCC1CCCO1. The van der Waals surface area contributed by atoms with Crippen LogP contribution in [0, 0.1) is 5.82 Å². The summed E-state index contributed by atoms with van der Waals surface area (Å²) >= 11 is 5.94. The molecule has 1 fully saturated rings. The molecule has 10 heteroatoms. The van der Waals surface area contributed by atoms with Gasteiger partial charge in [-0.25, -0.2) is 14.4 Å². The van der Waals surface area contributed by atoms with Gasteiger partial charge in [-0.2, -0.15) is 0 Å². The quantitative estimate of drug-likeness (QED) is 0.315. The zero-order valence-corrected chi connectivity index (χ0v) is 21.7. The third kappa shape index (κ3) is 7.15. The minimum atomic E-state index is -0.508. The second-order valence-corrected chi connectivity index (χ2v) is 9.07. The van der Waals surface area contributed by atoms with Gasteiger partial charge in [0.2, 0.25) is 5.91 Å². The van der Waals surface area contributed by atoms with Gasteiger partial charge < -0.3 is 25.0 Å². The van der Waals surface area contributed by atoms with Crippen molar-refractivity contribution in [2.24, 2.45) is 0 Å². The lowest BCUT2D eigenvalue weighted by Crippen LogP contribution is -2.23. The minimum absolute atomic E-state index is 0.00219. The number of hydrogen-bond donors (Lipinski definition) is 2. The van der Waals surface area contributed by atoms with Gasteiger partial charge in [-0.05, 0) is 50.2 Å². The zero-order valence-electron chi connectivity index (χ0n) is 21.0. The normalized spacial score (nSPS) is 15.5. The molecule has 37 heavy (non-hydrogen) atoms. The van der Waals surface area contributed by atoms with Crippen molar-refractivity contribution in [1.82, 2.24) is 14.9 Å². The van der Waals surface area contributed by atoms with Crippen LogP contribution in [-0.4, -0.2) is 59.7 Å². The van der Waals surface area contributed by atoms with Crippen LogP contribution in [0.5, 0.6) is 5.75 Å². The molecule has 1 amide bonds. The number of nitrogens with one attached hydrogen (secondary N) is 2. The molecule has 1 aliphatic rings. The fraction of sp³-hybridized carbons (Fsp3) is 0.370. The number of aromatic nitrogens is 2. The van der Waals surface area contributed by atoms with Crippen LogP contribution in [0.3, 0.4) is 0 Å². The first-order valence-corrected chi connectivity index (χ1v) is 12.8. The third-order valence-corrected chi connectivity index (χ3v) is 6.44. The van der Waals surface area contributed by atoms with E-state index in [2.05, 4.69) is 39.3 Å². The smallest absolute Gasteiger partial charge is 0.248 e. The Balaban J connectivity index is 1.62. The van der Waals surface area contributed by atoms with Crippen molar-refractivity contribution in [2.45, 2.75) is 32.8 Å². The summed E-state index contributed by atoms with van der Waals surface area (Å²) in [5.74, 6) is 0.186. The maximum atomic E-state index is 13.6. The molecule has 2 N–H and O–H groups in total. The van der Waals surface area contributed by atoms with Gasteiger partial charge in [0.15, 0.2) is 0 Å². The second-order valence-electron chi connectivity index (χ2n) is 8.67. The lowest BCUT2D eigenvalue weighted by atomic mass is 10.1. The Hall–Kier alpha value is -3.27. The van der Waals surface area contributed by atoms with Crippen molar-refractivity contribution in [3.8, 4) is 5.75 Å². The van der Waals surface area contributed by atoms with Gasteiger partial charge >= 0.3 is 0 Å². The van der Waals surface area contributed by atoms with Gasteiger partial charge in [-0.3, -0.25) is 4.79 Å². The molecular formula is C27H31ClFN5O3.